The molecule has 0 fully saturated rings. The largest absolute Gasteiger partial charge is 0.507 e. The second-order valence-corrected chi connectivity index (χ2v) is 5.51. The number of hydrogen-bond donors (Lipinski definition) is 2. The lowest BCUT2D eigenvalue weighted by atomic mass is 10.1. The van der Waals surface area contributed by atoms with Crippen molar-refractivity contribution in [2.24, 2.45) is 0 Å². The molecule has 104 valence electrons. The Kier molecular flexibility index (Phi) is 3.44. The molecular weight excluding hydrogens is 322 g/mol. The minimum absolute atomic E-state index is 0.202. The van der Waals surface area contributed by atoms with Crippen molar-refractivity contribution in [1.29, 1.82) is 0 Å². The van der Waals surface area contributed by atoms with Crippen LogP contribution in [0.2, 0.25) is 0 Å². The molecule has 0 amide bonds. The van der Waals surface area contributed by atoms with Crippen LogP contribution < -0.4 is 14.8 Å². The van der Waals surface area contributed by atoms with E-state index in [1.807, 2.05) is 25.1 Å². The van der Waals surface area contributed by atoms with E-state index < -0.39 is 0 Å². The number of phenols is 1. The van der Waals surface area contributed by atoms with Crippen molar-refractivity contribution in [3.05, 3.63) is 45.9 Å². The topological polar surface area (TPSA) is 50.7 Å². The maximum atomic E-state index is 9.97. The first-order chi connectivity index (χ1) is 9.63. The fourth-order valence-corrected chi connectivity index (χ4v) is 2.39. The van der Waals surface area contributed by atoms with Crippen molar-refractivity contribution in [2.75, 3.05) is 12.1 Å². The molecule has 20 heavy (non-hydrogen) atoms. The summed E-state index contributed by atoms with van der Waals surface area (Å²) >= 11 is 3.50. The Morgan fingerprint density at radius 2 is 1.95 bits per heavy atom. The first kappa shape index (κ1) is 13.1. The van der Waals surface area contributed by atoms with Gasteiger partial charge in [0.1, 0.15) is 5.75 Å². The van der Waals surface area contributed by atoms with Crippen molar-refractivity contribution in [3.8, 4) is 17.2 Å². The Labute approximate surface area is 125 Å². The van der Waals surface area contributed by atoms with Gasteiger partial charge in [0.15, 0.2) is 11.5 Å². The molecule has 2 N–H and O–H groups in total. The number of anilines is 1. The normalized spacial score (nSPS) is 12.5. The van der Waals surface area contributed by atoms with E-state index >= 15 is 0 Å². The number of aromatic hydroxyl groups is 1. The molecule has 0 bridgehead atoms. The molecule has 0 aliphatic carbocycles. The third kappa shape index (κ3) is 2.54. The molecule has 0 spiro atoms. The average Bonchev–Trinajstić information content (AvgIpc) is 2.87. The first-order valence-electron chi connectivity index (χ1n) is 6.25. The number of rotatable bonds is 3. The number of halogens is 1. The van der Waals surface area contributed by atoms with Crippen LogP contribution in [0, 0.1) is 6.92 Å². The van der Waals surface area contributed by atoms with E-state index in [1.165, 1.54) is 5.56 Å². The van der Waals surface area contributed by atoms with Crippen molar-refractivity contribution in [1.82, 2.24) is 0 Å². The Hall–Kier alpha value is -1.88. The van der Waals surface area contributed by atoms with Gasteiger partial charge in [0.05, 0.1) is 0 Å². The summed E-state index contributed by atoms with van der Waals surface area (Å²) in [5.41, 5.74) is 2.94. The third-order valence-electron chi connectivity index (χ3n) is 3.23. The number of ether oxygens (including phenoxy) is 2. The number of nitrogens with one attached hydrogen (secondary N) is 1. The zero-order chi connectivity index (χ0) is 14.1. The number of fused-ring (bicyclic) bond motifs is 1. The van der Waals surface area contributed by atoms with Crippen LogP contribution in [0.25, 0.3) is 0 Å². The molecule has 0 unspecified atom stereocenters. The summed E-state index contributed by atoms with van der Waals surface area (Å²) in [5, 5.41) is 13.2. The lowest BCUT2D eigenvalue weighted by Crippen LogP contribution is -2.00. The van der Waals surface area contributed by atoms with Crippen LogP contribution in [0.4, 0.5) is 5.69 Å². The molecule has 2 aromatic rings. The Bertz CT molecular complexity index is 658. The summed E-state index contributed by atoms with van der Waals surface area (Å²) in [6.45, 7) is 2.76. The SMILES string of the molecule is Cc1ccc(NCc2cc3c(cc2O)OCO3)cc1Br. The monoisotopic (exact) mass is 335 g/mol. The molecule has 0 saturated heterocycles. The highest BCUT2D eigenvalue weighted by atomic mass is 79.9. The number of aryl methyl sites for hydroxylation is 1. The summed E-state index contributed by atoms with van der Waals surface area (Å²) in [4.78, 5) is 0. The van der Waals surface area contributed by atoms with Crippen LogP contribution in [0.5, 0.6) is 17.2 Å². The van der Waals surface area contributed by atoms with Crippen molar-refractivity contribution in [2.45, 2.75) is 13.5 Å². The smallest absolute Gasteiger partial charge is 0.231 e. The average molecular weight is 336 g/mol. The lowest BCUT2D eigenvalue weighted by molar-refractivity contribution is 0.174. The highest BCUT2D eigenvalue weighted by molar-refractivity contribution is 9.10. The molecule has 1 heterocycles. The fourth-order valence-electron chi connectivity index (χ4n) is 2.02. The van der Waals surface area contributed by atoms with Crippen LogP contribution in [0.3, 0.4) is 0 Å². The fraction of sp³-hybridized carbons (Fsp3) is 0.200. The molecule has 1 aliphatic heterocycles. The molecule has 4 nitrogen and oxygen atoms in total. The summed E-state index contributed by atoms with van der Waals surface area (Å²) in [7, 11) is 0. The standard InChI is InChI=1S/C15H14BrNO3/c1-9-2-3-11(5-12(9)16)17-7-10-4-14-15(6-13(10)18)20-8-19-14/h2-6,17-18H,7-8H2,1H3. The van der Waals surface area contributed by atoms with Gasteiger partial charge in [-0.15, -0.1) is 0 Å². The molecule has 5 heteroatoms. The molecule has 3 rings (SSSR count). The summed E-state index contributed by atoms with van der Waals surface area (Å²) in [5.74, 6) is 1.46. The zero-order valence-corrected chi connectivity index (χ0v) is 12.5. The minimum atomic E-state index is 0.202. The van der Waals surface area contributed by atoms with Gasteiger partial charge < -0.3 is 19.9 Å². The van der Waals surface area contributed by atoms with Gasteiger partial charge in [-0.1, -0.05) is 22.0 Å². The van der Waals surface area contributed by atoms with Gasteiger partial charge in [0.2, 0.25) is 6.79 Å². The van der Waals surface area contributed by atoms with Crippen LogP contribution in [0.15, 0.2) is 34.8 Å². The molecule has 1 aliphatic rings. The highest BCUT2D eigenvalue weighted by Gasteiger charge is 2.16. The molecule has 0 saturated carbocycles. The van der Waals surface area contributed by atoms with Gasteiger partial charge in [-0.3, -0.25) is 0 Å². The van der Waals surface area contributed by atoms with Crippen LogP contribution in [-0.2, 0) is 6.54 Å². The van der Waals surface area contributed by atoms with Gasteiger partial charge >= 0.3 is 0 Å². The van der Waals surface area contributed by atoms with E-state index in [9.17, 15) is 5.11 Å². The van der Waals surface area contributed by atoms with E-state index in [0.717, 1.165) is 15.7 Å². The lowest BCUT2D eigenvalue weighted by Gasteiger charge is -2.10. The van der Waals surface area contributed by atoms with Crippen LogP contribution >= 0.6 is 15.9 Å². The second-order valence-electron chi connectivity index (χ2n) is 4.65. The first-order valence-corrected chi connectivity index (χ1v) is 7.04. The van der Waals surface area contributed by atoms with Crippen molar-refractivity contribution < 1.29 is 14.6 Å². The molecule has 0 atom stereocenters. The molecule has 0 aromatic heterocycles. The van der Waals surface area contributed by atoms with E-state index in [1.54, 1.807) is 12.1 Å². The van der Waals surface area contributed by atoms with Gasteiger partial charge in [-0.05, 0) is 30.7 Å². The second kappa shape index (κ2) is 5.25. The molecule has 2 aromatic carbocycles. The number of benzene rings is 2. The van der Waals surface area contributed by atoms with Gasteiger partial charge in [-0.2, -0.15) is 0 Å². The third-order valence-corrected chi connectivity index (χ3v) is 4.08. The van der Waals surface area contributed by atoms with E-state index in [4.69, 9.17) is 9.47 Å². The van der Waals surface area contributed by atoms with Gasteiger partial charge in [-0.25, -0.2) is 0 Å². The van der Waals surface area contributed by atoms with Crippen molar-refractivity contribution >= 4 is 21.6 Å². The van der Waals surface area contributed by atoms with Crippen molar-refractivity contribution in [3.63, 3.8) is 0 Å². The Morgan fingerprint density at radius 3 is 2.70 bits per heavy atom. The van der Waals surface area contributed by atoms with Gasteiger partial charge in [0, 0.05) is 28.3 Å². The van der Waals surface area contributed by atoms with Gasteiger partial charge in [0.25, 0.3) is 0 Å². The molecule has 0 radical (unpaired) electrons. The van der Waals surface area contributed by atoms with E-state index in [-0.39, 0.29) is 12.5 Å². The summed E-state index contributed by atoms with van der Waals surface area (Å²) < 4.78 is 11.6. The Morgan fingerprint density at radius 1 is 1.20 bits per heavy atom. The highest BCUT2D eigenvalue weighted by Crippen LogP contribution is 2.37. The zero-order valence-electron chi connectivity index (χ0n) is 10.9. The van der Waals surface area contributed by atoms with E-state index in [2.05, 4.69) is 21.2 Å². The maximum absolute atomic E-state index is 9.97. The minimum Gasteiger partial charge on any atom is -0.507 e. The molecular formula is C15H14BrNO3. The van der Waals surface area contributed by atoms with Crippen LogP contribution in [0.1, 0.15) is 11.1 Å². The summed E-state index contributed by atoms with van der Waals surface area (Å²) in [6, 6.07) is 9.44. The summed E-state index contributed by atoms with van der Waals surface area (Å²) in [6.07, 6.45) is 0. The predicted octanol–water partition coefficient (Wildman–Crippen LogP) is 3.80. The number of phenolic OH excluding ortho intramolecular Hbond substituents is 1. The van der Waals surface area contributed by atoms with E-state index in [0.29, 0.717) is 18.0 Å². The predicted molar refractivity (Wildman–Crippen MR) is 80.4 cm³/mol. The van der Waals surface area contributed by atoms with Crippen LogP contribution in [-0.4, -0.2) is 11.9 Å². The quantitative estimate of drug-likeness (QED) is 0.895. The Balaban J connectivity index is 1.76. The number of hydrogen-bond acceptors (Lipinski definition) is 4. The maximum Gasteiger partial charge on any atom is 0.231 e.